The van der Waals surface area contributed by atoms with Gasteiger partial charge in [0.1, 0.15) is 11.3 Å². The van der Waals surface area contributed by atoms with Crippen LogP contribution in [0.25, 0.3) is 11.0 Å². The quantitative estimate of drug-likeness (QED) is 0.761. The highest BCUT2D eigenvalue weighted by atomic mass is 16.5. The monoisotopic (exact) mass is 232 g/mol. The summed E-state index contributed by atoms with van der Waals surface area (Å²) in [4.78, 5) is 11.6. The van der Waals surface area contributed by atoms with E-state index < -0.39 is 0 Å². The van der Waals surface area contributed by atoms with Gasteiger partial charge < -0.3 is 9.15 Å². The molecule has 0 aliphatic rings. The summed E-state index contributed by atoms with van der Waals surface area (Å²) < 4.78 is 10.5. The third-order valence-corrected chi connectivity index (χ3v) is 2.80. The minimum absolute atomic E-state index is 0.188. The molecule has 1 atom stereocenters. The lowest BCUT2D eigenvalue weighted by Crippen LogP contribution is -2.12. The van der Waals surface area contributed by atoms with Gasteiger partial charge in [0.15, 0.2) is 0 Å². The minimum atomic E-state index is -0.241. The average Bonchev–Trinajstić information content (AvgIpc) is 2.67. The van der Waals surface area contributed by atoms with Crippen LogP contribution in [0.5, 0.6) is 0 Å². The molecule has 0 N–H and O–H groups in total. The molecule has 0 bridgehead atoms. The molecular formula is C14H16O3. The maximum absolute atomic E-state index is 11.6. The highest BCUT2D eigenvalue weighted by Gasteiger charge is 2.16. The largest absolute Gasteiger partial charge is 0.466 e. The van der Waals surface area contributed by atoms with Gasteiger partial charge in [0.2, 0.25) is 0 Å². The van der Waals surface area contributed by atoms with Crippen LogP contribution in [-0.2, 0) is 9.53 Å². The number of fused-ring (bicyclic) bond motifs is 1. The number of hydrogen-bond donors (Lipinski definition) is 0. The maximum Gasteiger partial charge on any atom is 0.313 e. The Kier molecular flexibility index (Phi) is 3.18. The van der Waals surface area contributed by atoms with Crippen molar-refractivity contribution in [3.63, 3.8) is 0 Å². The van der Waals surface area contributed by atoms with Gasteiger partial charge in [0, 0.05) is 5.39 Å². The zero-order valence-corrected chi connectivity index (χ0v) is 10.3. The number of esters is 1. The highest BCUT2D eigenvalue weighted by Crippen LogP contribution is 2.24. The molecular weight excluding hydrogens is 216 g/mol. The Hall–Kier alpha value is -1.77. The van der Waals surface area contributed by atoms with Gasteiger partial charge in [0.25, 0.3) is 0 Å². The van der Waals surface area contributed by atoms with Crippen molar-refractivity contribution < 1.29 is 13.9 Å². The van der Waals surface area contributed by atoms with Crippen LogP contribution in [0, 0.1) is 6.92 Å². The molecule has 0 fully saturated rings. The molecule has 3 heteroatoms. The molecule has 1 aromatic carbocycles. The number of hydrogen-bond acceptors (Lipinski definition) is 3. The first-order valence-corrected chi connectivity index (χ1v) is 5.78. The summed E-state index contributed by atoms with van der Waals surface area (Å²) in [5.41, 5.74) is 1.80. The van der Waals surface area contributed by atoms with E-state index in [2.05, 4.69) is 0 Å². The van der Waals surface area contributed by atoms with Gasteiger partial charge >= 0.3 is 5.97 Å². The smallest absolute Gasteiger partial charge is 0.313 e. The SMILES string of the molecule is CCOC(=O)C(C)c1ccc2oc(C)cc2c1. The normalized spacial score (nSPS) is 12.6. The Balaban J connectivity index is 2.32. The molecule has 0 amide bonds. The molecule has 0 saturated heterocycles. The molecule has 0 radical (unpaired) electrons. The van der Waals surface area contributed by atoms with Gasteiger partial charge in [0.05, 0.1) is 12.5 Å². The van der Waals surface area contributed by atoms with Gasteiger partial charge in [-0.15, -0.1) is 0 Å². The molecule has 3 nitrogen and oxygen atoms in total. The van der Waals surface area contributed by atoms with Gasteiger partial charge in [-0.2, -0.15) is 0 Å². The second kappa shape index (κ2) is 4.62. The Bertz CT molecular complexity index is 539. The van der Waals surface area contributed by atoms with Crippen LogP contribution >= 0.6 is 0 Å². The summed E-state index contributed by atoms with van der Waals surface area (Å²) in [6.07, 6.45) is 0. The Morgan fingerprint density at radius 1 is 1.41 bits per heavy atom. The van der Waals surface area contributed by atoms with E-state index in [4.69, 9.17) is 9.15 Å². The number of benzene rings is 1. The van der Waals surface area contributed by atoms with E-state index in [1.807, 2.05) is 45.0 Å². The van der Waals surface area contributed by atoms with Crippen molar-refractivity contribution in [2.75, 3.05) is 6.61 Å². The molecule has 2 aromatic rings. The van der Waals surface area contributed by atoms with E-state index in [-0.39, 0.29) is 11.9 Å². The Morgan fingerprint density at radius 3 is 2.88 bits per heavy atom. The van der Waals surface area contributed by atoms with E-state index in [1.165, 1.54) is 0 Å². The Morgan fingerprint density at radius 2 is 2.18 bits per heavy atom. The van der Waals surface area contributed by atoms with Crippen LogP contribution in [-0.4, -0.2) is 12.6 Å². The van der Waals surface area contributed by atoms with Crippen LogP contribution in [0.2, 0.25) is 0 Å². The molecule has 17 heavy (non-hydrogen) atoms. The summed E-state index contributed by atoms with van der Waals surface area (Å²) in [7, 11) is 0. The Labute approximate surface area is 100 Å². The van der Waals surface area contributed by atoms with Crippen molar-refractivity contribution >= 4 is 16.9 Å². The molecule has 2 rings (SSSR count). The first-order valence-electron chi connectivity index (χ1n) is 5.78. The lowest BCUT2D eigenvalue weighted by molar-refractivity contribution is -0.144. The van der Waals surface area contributed by atoms with Crippen molar-refractivity contribution in [2.24, 2.45) is 0 Å². The third-order valence-electron chi connectivity index (χ3n) is 2.80. The van der Waals surface area contributed by atoms with E-state index in [9.17, 15) is 4.79 Å². The molecule has 0 aliphatic carbocycles. The number of carbonyl (C=O) groups is 1. The zero-order valence-electron chi connectivity index (χ0n) is 10.3. The van der Waals surface area contributed by atoms with E-state index >= 15 is 0 Å². The predicted molar refractivity (Wildman–Crippen MR) is 66.0 cm³/mol. The van der Waals surface area contributed by atoms with E-state index in [1.54, 1.807) is 0 Å². The second-order valence-corrected chi connectivity index (χ2v) is 4.13. The number of ether oxygens (including phenoxy) is 1. The maximum atomic E-state index is 11.6. The van der Waals surface area contributed by atoms with Gasteiger partial charge in [-0.25, -0.2) is 0 Å². The predicted octanol–water partition coefficient (Wildman–Crippen LogP) is 3.41. The lowest BCUT2D eigenvalue weighted by atomic mass is 10.00. The van der Waals surface area contributed by atoms with Crippen molar-refractivity contribution in [3.8, 4) is 0 Å². The number of rotatable bonds is 3. The summed E-state index contributed by atoms with van der Waals surface area (Å²) in [5.74, 6) is 0.447. The van der Waals surface area contributed by atoms with Crippen LogP contribution in [0.1, 0.15) is 31.1 Å². The van der Waals surface area contributed by atoms with Crippen molar-refractivity contribution in [1.29, 1.82) is 0 Å². The van der Waals surface area contributed by atoms with Gasteiger partial charge in [-0.3, -0.25) is 4.79 Å². The average molecular weight is 232 g/mol. The fourth-order valence-corrected chi connectivity index (χ4v) is 1.87. The second-order valence-electron chi connectivity index (χ2n) is 4.13. The van der Waals surface area contributed by atoms with Gasteiger partial charge in [-0.1, -0.05) is 6.07 Å². The van der Waals surface area contributed by atoms with Crippen LogP contribution in [0.3, 0.4) is 0 Å². The third kappa shape index (κ3) is 2.33. The molecule has 0 aliphatic heterocycles. The van der Waals surface area contributed by atoms with Crippen molar-refractivity contribution in [2.45, 2.75) is 26.7 Å². The van der Waals surface area contributed by atoms with Crippen molar-refractivity contribution in [3.05, 3.63) is 35.6 Å². The highest BCUT2D eigenvalue weighted by molar-refractivity contribution is 5.83. The topological polar surface area (TPSA) is 39.4 Å². The summed E-state index contributed by atoms with van der Waals surface area (Å²) in [6, 6.07) is 7.75. The molecule has 0 spiro atoms. The van der Waals surface area contributed by atoms with Crippen LogP contribution in [0.4, 0.5) is 0 Å². The molecule has 1 heterocycles. The summed E-state index contributed by atoms with van der Waals surface area (Å²) >= 11 is 0. The minimum Gasteiger partial charge on any atom is -0.466 e. The lowest BCUT2D eigenvalue weighted by Gasteiger charge is -2.10. The zero-order chi connectivity index (χ0) is 12.4. The fraction of sp³-hybridized carbons (Fsp3) is 0.357. The summed E-state index contributed by atoms with van der Waals surface area (Å²) in [5, 5.41) is 1.02. The molecule has 90 valence electrons. The van der Waals surface area contributed by atoms with Crippen LogP contribution < -0.4 is 0 Å². The van der Waals surface area contributed by atoms with Crippen LogP contribution in [0.15, 0.2) is 28.7 Å². The first kappa shape index (κ1) is 11.7. The molecule has 1 aromatic heterocycles. The van der Waals surface area contributed by atoms with E-state index in [0.717, 1.165) is 22.3 Å². The summed E-state index contributed by atoms with van der Waals surface area (Å²) in [6.45, 7) is 5.99. The standard InChI is InChI=1S/C14H16O3/c1-4-16-14(15)10(3)11-5-6-13-12(8-11)7-9(2)17-13/h5-8,10H,4H2,1-3H3. The van der Waals surface area contributed by atoms with Crippen molar-refractivity contribution in [1.82, 2.24) is 0 Å². The first-order chi connectivity index (χ1) is 8.11. The number of carbonyl (C=O) groups excluding carboxylic acids is 1. The number of aryl methyl sites for hydroxylation is 1. The molecule has 0 saturated carbocycles. The molecule has 1 unspecified atom stereocenters. The van der Waals surface area contributed by atoms with E-state index in [0.29, 0.717) is 6.61 Å². The number of furan rings is 1. The fourth-order valence-electron chi connectivity index (χ4n) is 1.87. The van der Waals surface area contributed by atoms with Gasteiger partial charge in [-0.05, 0) is 44.5 Å².